The van der Waals surface area contributed by atoms with Gasteiger partial charge in [-0.3, -0.25) is 4.79 Å². The van der Waals surface area contributed by atoms with Crippen LogP contribution in [0, 0.1) is 5.92 Å². The van der Waals surface area contributed by atoms with E-state index in [1.165, 1.54) is 50.1 Å². The number of fused-ring (bicyclic) bond motifs is 1. The Hall–Kier alpha value is -0.0400. The molecule has 0 spiro atoms. The Morgan fingerprint density at radius 3 is 2.84 bits per heavy atom. The van der Waals surface area contributed by atoms with Gasteiger partial charge in [0.1, 0.15) is 0 Å². The van der Waals surface area contributed by atoms with Crippen molar-refractivity contribution in [3.63, 3.8) is 0 Å². The standard InChI is InChI=1S/C17H23Cl3N2O2S/c18-17(19,20)16(21-15(23)14-7-4-10-25-14)24-11-12-5-3-9-22-8-2-1-6-13(12)22/h4,7,10,12-13,16H,1-3,5-6,8-9,11H2,(H,21,23)/t12-,13-,16+/m1/s1. The number of nitrogens with zero attached hydrogens (tertiary/aromatic N) is 1. The Balaban J connectivity index is 1.59. The molecule has 25 heavy (non-hydrogen) atoms. The molecule has 0 radical (unpaired) electrons. The van der Waals surface area contributed by atoms with Crippen molar-refractivity contribution in [1.82, 2.24) is 10.2 Å². The van der Waals surface area contributed by atoms with E-state index in [2.05, 4.69) is 10.2 Å². The van der Waals surface area contributed by atoms with Crippen molar-refractivity contribution in [3.05, 3.63) is 22.4 Å². The van der Waals surface area contributed by atoms with Gasteiger partial charge in [-0.2, -0.15) is 0 Å². The van der Waals surface area contributed by atoms with Crippen molar-refractivity contribution < 1.29 is 9.53 Å². The van der Waals surface area contributed by atoms with Crippen molar-refractivity contribution in [2.45, 2.75) is 48.2 Å². The Kier molecular flexibility index (Phi) is 6.91. The van der Waals surface area contributed by atoms with Crippen molar-refractivity contribution in [2.24, 2.45) is 5.92 Å². The summed E-state index contributed by atoms with van der Waals surface area (Å²) in [5.41, 5.74) is 0. The second-order valence-electron chi connectivity index (χ2n) is 6.71. The van der Waals surface area contributed by atoms with E-state index < -0.39 is 10.0 Å². The molecule has 2 fully saturated rings. The third kappa shape index (κ3) is 5.24. The highest BCUT2D eigenvalue weighted by Crippen LogP contribution is 2.34. The minimum Gasteiger partial charge on any atom is -0.354 e. The molecule has 0 aliphatic carbocycles. The Morgan fingerprint density at radius 2 is 2.12 bits per heavy atom. The minimum atomic E-state index is -1.71. The fourth-order valence-corrected chi connectivity index (χ4v) is 4.79. The molecule has 8 heteroatoms. The van der Waals surface area contributed by atoms with Gasteiger partial charge in [0.05, 0.1) is 11.5 Å². The number of thiophene rings is 1. The van der Waals surface area contributed by atoms with Gasteiger partial charge < -0.3 is 15.0 Å². The molecule has 2 aliphatic heterocycles. The van der Waals surface area contributed by atoms with Crippen LogP contribution in [0.5, 0.6) is 0 Å². The maximum atomic E-state index is 12.3. The van der Waals surface area contributed by atoms with E-state index in [1.54, 1.807) is 6.07 Å². The molecular formula is C17H23Cl3N2O2S. The second kappa shape index (κ2) is 8.77. The lowest BCUT2D eigenvalue weighted by Gasteiger charge is -2.44. The monoisotopic (exact) mass is 424 g/mol. The lowest BCUT2D eigenvalue weighted by atomic mass is 9.84. The number of carbonyl (C=O) groups is 1. The quantitative estimate of drug-likeness (QED) is 0.559. The van der Waals surface area contributed by atoms with E-state index in [1.807, 2.05) is 11.4 Å². The molecule has 2 aliphatic rings. The zero-order valence-electron chi connectivity index (χ0n) is 13.9. The number of hydrogen-bond acceptors (Lipinski definition) is 4. The molecule has 1 aromatic heterocycles. The van der Waals surface area contributed by atoms with E-state index in [4.69, 9.17) is 39.5 Å². The van der Waals surface area contributed by atoms with E-state index in [9.17, 15) is 4.79 Å². The van der Waals surface area contributed by atoms with Gasteiger partial charge in [-0.25, -0.2) is 0 Å². The van der Waals surface area contributed by atoms with Gasteiger partial charge >= 0.3 is 0 Å². The predicted octanol–water partition coefficient (Wildman–Crippen LogP) is 4.46. The summed E-state index contributed by atoms with van der Waals surface area (Å²) in [5, 5.41) is 4.54. The average molecular weight is 426 g/mol. The third-order valence-corrected chi connectivity index (χ3v) is 6.47. The van der Waals surface area contributed by atoms with Crippen LogP contribution in [0.1, 0.15) is 41.8 Å². The fourth-order valence-electron chi connectivity index (χ4n) is 3.81. The number of ether oxygens (including phenoxy) is 1. The number of carbonyl (C=O) groups excluding carboxylic acids is 1. The van der Waals surface area contributed by atoms with Crippen molar-refractivity contribution >= 4 is 52.0 Å². The zero-order valence-corrected chi connectivity index (χ0v) is 17.0. The summed E-state index contributed by atoms with van der Waals surface area (Å²) in [6.07, 6.45) is 5.06. The van der Waals surface area contributed by atoms with Crippen LogP contribution >= 0.6 is 46.1 Å². The van der Waals surface area contributed by atoms with Gasteiger partial charge in [0.15, 0.2) is 6.23 Å². The molecule has 2 saturated heterocycles. The Bertz CT molecular complexity index is 563. The van der Waals surface area contributed by atoms with Crippen LogP contribution in [0.3, 0.4) is 0 Å². The topological polar surface area (TPSA) is 41.6 Å². The molecule has 1 amide bonds. The zero-order chi connectivity index (χ0) is 17.9. The second-order valence-corrected chi connectivity index (χ2v) is 10.0. The fraction of sp³-hybridized carbons (Fsp3) is 0.706. The first kappa shape index (κ1) is 19.7. The molecule has 0 unspecified atom stereocenters. The molecule has 3 atom stereocenters. The van der Waals surface area contributed by atoms with Gasteiger partial charge in [0.2, 0.25) is 3.79 Å². The minimum absolute atomic E-state index is 0.283. The summed E-state index contributed by atoms with van der Waals surface area (Å²) in [7, 11) is 0. The van der Waals surface area contributed by atoms with E-state index in [-0.39, 0.29) is 5.91 Å². The van der Waals surface area contributed by atoms with E-state index in [0.717, 1.165) is 6.42 Å². The third-order valence-electron chi connectivity index (χ3n) is 5.01. The number of rotatable bonds is 5. The number of hydrogen-bond donors (Lipinski definition) is 1. The summed E-state index contributed by atoms with van der Waals surface area (Å²) in [6.45, 7) is 2.83. The molecule has 1 aromatic rings. The lowest BCUT2D eigenvalue weighted by molar-refractivity contribution is -0.0324. The summed E-state index contributed by atoms with van der Waals surface area (Å²) >= 11 is 19.5. The van der Waals surface area contributed by atoms with Gasteiger partial charge in [0.25, 0.3) is 5.91 Å². The number of piperidine rings is 2. The van der Waals surface area contributed by atoms with Crippen LogP contribution in [0.15, 0.2) is 17.5 Å². The highest BCUT2D eigenvalue weighted by atomic mass is 35.6. The highest BCUT2D eigenvalue weighted by Gasteiger charge is 2.38. The molecular weight excluding hydrogens is 403 g/mol. The predicted molar refractivity (Wildman–Crippen MR) is 104 cm³/mol. The normalized spacial score (nSPS) is 26.0. The summed E-state index contributed by atoms with van der Waals surface area (Å²) in [5.74, 6) is 0.136. The number of amides is 1. The van der Waals surface area contributed by atoms with Crippen molar-refractivity contribution in [2.75, 3.05) is 19.7 Å². The van der Waals surface area contributed by atoms with Gasteiger partial charge in [-0.15, -0.1) is 11.3 Å². The van der Waals surface area contributed by atoms with E-state index in [0.29, 0.717) is 23.4 Å². The van der Waals surface area contributed by atoms with Crippen LogP contribution in [0.4, 0.5) is 0 Å². The van der Waals surface area contributed by atoms with Crippen LogP contribution in [-0.4, -0.2) is 46.6 Å². The van der Waals surface area contributed by atoms with Crippen LogP contribution in [-0.2, 0) is 4.74 Å². The van der Waals surface area contributed by atoms with Crippen LogP contribution in [0.25, 0.3) is 0 Å². The Labute approximate surface area is 167 Å². The van der Waals surface area contributed by atoms with Gasteiger partial charge in [-0.1, -0.05) is 47.3 Å². The maximum absolute atomic E-state index is 12.3. The summed E-state index contributed by atoms with van der Waals surface area (Å²) in [4.78, 5) is 15.4. The van der Waals surface area contributed by atoms with Crippen LogP contribution in [0.2, 0.25) is 0 Å². The number of alkyl halides is 3. The molecule has 140 valence electrons. The Morgan fingerprint density at radius 1 is 1.32 bits per heavy atom. The molecule has 3 heterocycles. The SMILES string of the molecule is O=C(N[C@@H](OC[C@H]1CCCN2CCCC[C@H]12)C(Cl)(Cl)Cl)c1cccs1. The highest BCUT2D eigenvalue weighted by molar-refractivity contribution is 7.12. The lowest BCUT2D eigenvalue weighted by Crippen LogP contribution is -2.51. The van der Waals surface area contributed by atoms with E-state index >= 15 is 0 Å². The molecule has 0 saturated carbocycles. The first-order valence-corrected chi connectivity index (χ1v) is 10.7. The molecule has 0 bridgehead atoms. The van der Waals surface area contributed by atoms with Crippen molar-refractivity contribution in [3.8, 4) is 0 Å². The summed E-state index contributed by atoms with van der Waals surface area (Å²) in [6, 6.07) is 4.09. The summed E-state index contributed by atoms with van der Waals surface area (Å²) < 4.78 is 4.20. The van der Waals surface area contributed by atoms with Gasteiger partial charge in [0, 0.05) is 6.04 Å². The van der Waals surface area contributed by atoms with Crippen molar-refractivity contribution in [1.29, 1.82) is 0 Å². The molecule has 0 aromatic carbocycles. The van der Waals surface area contributed by atoms with Crippen LogP contribution < -0.4 is 5.32 Å². The average Bonchev–Trinajstić information content (AvgIpc) is 3.12. The first-order valence-electron chi connectivity index (χ1n) is 8.72. The first-order chi connectivity index (χ1) is 11.9. The smallest absolute Gasteiger partial charge is 0.263 e. The number of halogens is 3. The molecule has 4 nitrogen and oxygen atoms in total. The van der Waals surface area contributed by atoms with Gasteiger partial charge in [-0.05, 0) is 56.1 Å². The molecule has 1 N–H and O–H groups in total. The maximum Gasteiger partial charge on any atom is 0.263 e. The number of nitrogens with one attached hydrogen (secondary N) is 1. The molecule has 3 rings (SSSR count). The largest absolute Gasteiger partial charge is 0.354 e.